The minimum absolute atomic E-state index is 0.0426. The lowest BCUT2D eigenvalue weighted by Gasteiger charge is -2.09. The Bertz CT molecular complexity index is 579. The van der Waals surface area contributed by atoms with Gasteiger partial charge in [0.25, 0.3) is 0 Å². The Morgan fingerprint density at radius 2 is 1.80 bits per heavy atom. The van der Waals surface area contributed by atoms with Crippen molar-refractivity contribution < 1.29 is 9.90 Å². The molecule has 0 fully saturated rings. The molecule has 4 nitrogen and oxygen atoms in total. The number of benzene rings is 2. The number of anilines is 2. The predicted octanol–water partition coefficient (Wildman–Crippen LogP) is 2.75. The molecule has 0 aromatic heterocycles. The highest BCUT2D eigenvalue weighted by atomic mass is 16.3. The molecule has 0 aliphatic carbocycles. The van der Waals surface area contributed by atoms with E-state index in [0.29, 0.717) is 6.54 Å². The first kappa shape index (κ1) is 14.1. The molecular weight excluding hydrogens is 252 g/mol. The van der Waals surface area contributed by atoms with E-state index in [-0.39, 0.29) is 12.5 Å². The van der Waals surface area contributed by atoms with E-state index in [4.69, 9.17) is 5.11 Å². The van der Waals surface area contributed by atoms with Crippen LogP contribution in [0.1, 0.15) is 18.1 Å². The van der Waals surface area contributed by atoms with Crippen LogP contribution in [0.2, 0.25) is 0 Å². The van der Waals surface area contributed by atoms with Gasteiger partial charge in [-0.3, -0.25) is 4.79 Å². The van der Waals surface area contributed by atoms with Gasteiger partial charge >= 0.3 is 0 Å². The lowest BCUT2D eigenvalue weighted by atomic mass is 10.2. The van der Waals surface area contributed by atoms with Gasteiger partial charge in [-0.25, -0.2) is 0 Å². The summed E-state index contributed by atoms with van der Waals surface area (Å²) in [6.07, 6.45) is 0. The second kappa shape index (κ2) is 6.73. The second-order valence-electron chi connectivity index (χ2n) is 4.59. The van der Waals surface area contributed by atoms with Crippen LogP contribution < -0.4 is 10.6 Å². The molecule has 0 aliphatic rings. The molecule has 2 aromatic carbocycles. The van der Waals surface area contributed by atoms with E-state index in [2.05, 4.69) is 10.6 Å². The Morgan fingerprint density at radius 1 is 1.05 bits per heavy atom. The predicted molar refractivity (Wildman–Crippen MR) is 80.4 cm³/mol. The number of carbonyl (C=O) groups excluding carboxylic acids is 1. The van der Waals surface area contributed by atoms with Crippen LogP contribution in [-0.2, 0) is 17.9 Å². The molecule has 0 unspecified atom stereocenters. The van der Waals surface area contributed by atoms with Crippen molar-refractivity contribution in [3.05, 3.63) is 59.7 Å². The van der Waals surface area contributed by atoms with E-state index in [0.717, 1.165) is 22.5 Å². The third-order valence-corrected chi connectivity index (χ3v) is 2.88. The Morgan fingerprint density at radius 3 is 2.45 bits per heavy atom. The second-order valence-corrected chi connectivity index (χ2v) is 4.59. The molecule has 0 spiro atoms. The summed E-state index contributed by atoms with van der Waals surface area (Å²) in [6.45, 7) is 2.22. The quantitative estimate of drug-likeness (QED) is 0.783. The van der Waals surface area contributed by atoms with Crippen LogP contribution in [0.4, 0.5) is 11.4 Å². The van der Waals surface area contributed by atoms with Gasteiger partial charge in [-0.1, -0.05) is 24.3 Å². The van der Waals surface area contributed by atoms with Crippen LogP contribution in [-0.4, -0.2) is 11.0 Å². The minimum Gasteiger partial charge on any atom is -0.392 e. The van der Waals surface area contributed by atoms with Crippen molar-refractivity contribution in [3.63, 3.8) is 0 Å². The van der Waals surface area contributed by atoms with Gasteiger partial charge in [0.2, 0.25) is 5.91 Å². The van der Waals surface area contributed by atoms with Gasteiger partial charge in [-0.15, -0.1) is 0 Å². The molecule has 104 valence electrons. The molecule has 0 aliphatic heterocycles. The number of aliphatic hydroxyl groups excluding tert-OH is 1. The number of hydrogen-bond donors (Lipinski definition) is 3. The average molecular weight is 270 g/mol. The third-order valence-electron chi connectivity index (χ3n) is 2.88. The van der Waals surface area contributed by atoms with Gasteiger partial charge in [-0.2, -0.15) is 0 Å². The molecule has 1 amide bonds. The Hall–Kier alpha value is -2.33. The maximum atomic E-state index is 10.9. The van der Waals surface area contributed by atoms with Crippen molar-refractivity contribution in [1.29, 1.82) is 0 Å². The van der Waals surface area contributed by atoms with E-state index >= 15 is 0 Å². The van der Waals surface area contributed by atoms with Crippen molar-refractivity contribution >= 4 is 17.3 Å². The summed E-state index contributed by atoms with van der Waals surface area (Å²) < 4.78 is 0. The molecule has 0 saturated heterocycles. The largest absolute Gasteiger partial charge is 0.392 e. The number of aliphatic hydroxyl groups is 1. The lowest BCUT2D eigenvalue weighted by molar-refractivity contribution is -0.114. The molecule has 0 atom stereocenters. The molecular formula is C16H18N2O2. The first-order valence-electron chi connectivity index (χ1n) is 6.47. The van der Waals surface area contributed by atoms with Crippen LogP contribution in [0.15, 0.2) is 48.5 Å². The van der Waals surface area contributed by atoms with Crippen LogP contribution in [0.5, 0.6) is 0 Å². The summed E-state index contributed by atoms with van der Waals surface area (Å²) in [5.74, 6) is -0.0725. The van der Waals surface area contributed by atoms with Crippen LogP contribution in [0.25, 0.3) is 0 Å². The highest BCUT2D eigenvalue weighted by Gasteiger charge is 1.98. The fourth-order valence-electron chi connectivity index (χ4n) is 1.89. The summed E-state index contributed by atoms with van der Waals surface area (Å²) >= 11 is 0. The molecule has 0 bridgehead atoms. The molecule has 0 heterocycles. The topological polar surface area (TPSA) is 61.4 Å². The molecule has 20 heavy (non-hydrogen) atoms. The first-order chi connectivity index (χ1) is 9.67. The van der Waals surface area contributed by atoms with Crippen molar-refractivity contribution in [2.24, 2.45) is 0 Å². The van der Waals surface area contributed by atoms with E-state index in [9.17, 15) is 4.79 Å². The molecule has 2 aromatic rings. The normalized spacial score (nSPS) is 10.1. The summed E-state index contributed by atoms with van der Waals surface area (Å²) in [5.41, 5.74) is 3.77. The van der Waals surface area contributed by atoms with Crippen LogP contribution >= 0.6 is 0 Å². The van der Waals surface area contributed by atoms with Gasteiger partial charge in [0.15, 0.2) is 0 Å². The minimum atomic E-state index is -0.0725. The summed E-state index contributed by atoms with van der Waals surface area (Å²) in [6, 6.07) is 15.4. The Labute approximate surface area is 118 Å². The fraction of sp³-hybridized carbons (Fsp3) is 0.188. The summed E-state index contributed by atoms with van der Waals surface area (Å²) in [7, 11) is 0. The molecule has 0 radical (unpaired) electrons. The maximum absolute atomic E-state index is 10.9. The van der Waals surface area contributed by atoms with Gasteiger partial charge < -0.3 is 15.7 Å². The average Bonchev–Trinajstić information content (AvgIpc) is 2.46. The van der Waals surface area contributed by atoms with Gasteiger partial charge in [0, 0.05) is 24.8 Å². The zero-order valence-electron chi connectivity index (χ0n) is 11.4. The number of amides is 1. The first-order valence-corrected chi connectivity index (χ1v) is 6.47. The Balaban J connectivity index is 1.94. The zero-order chi connectivity index (χ0) is 14.4. The molecule has 3 N–H and O–H groups in total. The van der Waals surface area contributed by atoms with Crippen molar-refractivity contribution in [2.45, 2.75) is 20.1 Å². The van der Waals surface area contributed by atoms with Crippen LogP contribution in [0.3, 0.4) is 0 Å². The lowest BCUT2D eigenvalue weighted by Crippen LogP contribution is -2.06. The SMILES string of the molecule is CC(=O)Nc1ccc(CNc2cccc(CO)c2)cc1. The highest BCUT2D eigenvalue weighted by molar-refractivity contribution is 5.88. The fourth-order valence-corrected chi connectivity index (χ4v) is 1.89. The van der Waals surface area contributed by atoms with Crippen molar-refractivity contribution in [1.82, 2.24) is 0 Å². The molecule has 4 heteroatoms. The number of rotatable bonds is 5. The van der Waals surface area contributed by atoms with Crippen molar-refractivity contribution in [2.75, 3.05) is 10.6 Å². The molecule has 0 saturated carbocycles. The number of carbonyl (C=O) groups is 1. The summed E-state index contributed by atoms with van der Waals surface area (Å²) in [4.78, 5) is 10.9. The standard InChI is InChI=1S/C16H18N2O2/c1-12(20)18-15-7-5-13(6-8-15)10-17-16-4-2-3-14(9-16)11-19/h2-9,17,19H,10-11H2,1H3,(H,18,20). The smallest absolute Gasteiger partial charge is 0.221 e. The Kier molecular flexibility index (Phi) is 4.74. The van der Waals surface area contributed by atoms with Gasteiger partial charge in [0.05, 0.1) is 6.61 Å². The zero-order valence-corrected chi connectivity index (χ0v) is 11.4. The van der Waals surface area contributed by atoms with Crippen molar-refractivity contribution in [3.8, 4) is 0 Å². The number of hydrogen-bond acceptors (Lipinski definition) is 3. The highest BCUT2D eigenvalue weighted by Crippen LogP contribution is 2.14. The maximum Gasteiger partial charge on any atom is 0.221 e. The van der Waals surface area contributed by atoms with E-state index in [1.165, 1.54) is 6.92 Å². The van der Waals surface area contributed by atoms with E-state index < -0.39 is 0 Å². The number of nitrogens with one attached hydrogen (secondary N) is 2. The van der Waals surface area contributed by atoms with Crippen LogP contribution in [0, 0.1) is 0 Å². The van der Waals surface area contributed by atoms with Gasteiger partial charge in [-0.05, 0) is 35.4 Å². The monoisotopic (exact) mass is 270 g/mol. The third kappa shape index (κ3) is 4.10. The van der Waals surface area contributed by atoms with E-state index in [1.807, 2.05) is 48.5 Å². The van der Waals surface area contributed by atoms with E-state index in [1.54, 1.807) is 0 Å². The van der Waals surface area contributed by atoms with Gasteiger partial charge in [0.1, 0.15) is 0 Å². The molecule has 2 rings (SSSR count). The summed E-state index contributed by atoms with van der Waals surface area (Å²) in [5, 5.41) is 15.1.